The van der Waals surface area contributed by atoms with Crippen molar-refractivity contribution in [3.8, 4) is 34.3 Å². The Balaban J connectivity index is 1.37. The number of aryl methyl sites for hydroxylation is 1. The molecule has 5 aromatic rings. The zero-order valence-electron chi connectivity index (χ0n) is 16.8. The summed E-state index contributed by atoms with van der Waals surface area (Å²) < 4.78 is 18.8. The van der Waals surface area contributed by atoms with E-state index in [0.717, 1.165) is 10.7 Å². The van der Waals surface area contributed by atoms with E-state index in [0.29, 0.717) is 52.7 Å². The largest absolute Gasteiger partial charge is 0.461 e. The van der Waals surface area contributed by atoms with Crippen LogP contribution in [0, 0.1) is 6.92 Å². The van der Waals surface area contributed by atoms with Crippen LogP contribution in [0.25, 0.3) is 34.3 Å². The van der Waals surface area contributed by atoms with Crippen LogP contribution in [0.4, 0.5) is 0 Å². The van der Waals surface area contributed by atoms with Gasteiger partial charge in [0, 0.05) is 12.1 Å². The van der Waals surface area contributed by atoms with Gasteiger partial charge in [0.05, 0.1) is 12.0 Å². The molecule has 9 nitrogen and oxygen atoms in total. The Morgan fingerprint density at radius 2 is 1.87 bits per heavy atom. The van der Waals surface area contributed by atoms with Gasteiger partial charge in [0.1, 0.15) is 17.0 Å². The molecule has 4 heterocycles. The average Bonchev–Trinajstić information content (AvgIpc) is 3.58. The van der Waals surface area contributed by atoms with Crippen LogP contribution in [-0.2, 0) is 12.3 Å². The third-order valence-electron chi connectivity index (χ3n) is 4.69. The highest BCUT2D eigenvalue weighted by molar-refractivity contribution is 7.98. The number of hydrogen-bond donors (Lipinski definition) is 0. The first-order valence-electron chi connectivity index (χ1n) is 9.69. The predicted octanol–water partition coefficient (Wildman–Crippen LogP) is 4.86. The number of benzene rings is 1. The van der Waals surface area contributed by atoms with Crippen LogP contribution in [0.1, 0.15) is 18.6 Å². The Hall–Kier alpha value is -3.66. The lowest BCUT2D eigenvalue weighted by Gasteiger charge is -2.04. The Morgan fingerprint density at radius 3 is 2.65 bits per heavy atom. The lowest BCUT2D eigenvalue weighted by Crippen LogP contribution is -1.99. The Bertz CT molecular complexity index is 1290. The second-order valence-electron chi connectivity index (χ2n) is 6.65. The maximum absolute atomic E-state index is 5.93. The van der Waals surface area contributed by atoms with Gasteiger partial charge in [-0.25, -0.2) is 0 Å². The van der Waals surface area contributed by atoms with Crippen LogP contribution in [0.15, 0.2) is 67.2 Å². The van der Waals surface area contributed by atoms with Crippen molar-refractivity contribution in [2.45, 2.75) is 31.3 Å². The second-order valence-corrected chi connectivity index (χ2v) is 7.59. The quantitative estimate of drug-likeness (QED) is 0.332. The average molecular weight is 434 g/mol. The highest BCUT2D eigenvalue weighted by Crippen LogP contribution is 2.34. The number of aromatic nitrogens is 6. The van der Waals surface area contributed by atoms with Crippen molar-refractivity contribution >= 4 is 11.8 Å². The molecule has 0 aliphatic rings. The summed E-state index contributed by atoms with van der Waals surface area (Å²) in [4.78, 5) is 0. The van der Waals surface area contributed by atoms with Crippen molar-refractivity contribution in [3.05, 3.63) is 60.4 Å². The number of rotatable bonds is 7. The van der Waals surface area contributed by atoms with E-state index in [-0.39, 0.29) is 0 Å². The first kappa shape index (κ1) is 19.3. The van der Waals surface area contributed by atoms with Gasteiger partial charge in [-0.3, -0.25) is 4.57 Å². The molecule has 0 unspecified atom stereocenters. The van der Waals surface area contributed by atoms with Gasteiger partial charge in [-0.1, -0.05) is 47.3 Å². The van der Waals surface area contributed by atoms with Gasteiger partial charge in [-0.05, 0) is 26.0 Å². The molecule has 0 fully saturated rings. The lowest BCUT2D eigenvalue weighted by molar-refractivity contribution is 0.399. The van der Waals surface area contributed by atoms with E-state index in [1.165, 1.54) is 11.8 Å². The molecule has 0 saturated carbocycles. The molecule has 156 valence electrons. The monoisotopic (exact) mass is 434 g/mol. The summed E-state index contributed by atoms with van der Waals surface area (Å²) in [6.45, 7) is 4.57. The van der Waals surface area contributed by atoms with Gasteiger partial charge in [0.25, 0.3) is 5.89 Å². The summed E-state index contributed by atoms with van der Waals surface area (Å²) in [5, 5.41) is 21.9. The maximum Gasteiger partial charge on any atom is 0.253 e. The molecule has 5 rings (SSSR count). The smallest absolute Gasteiger partial charge is 0.253 e. The van der Waals surface area contributed by atoms with Gasteiger partial charge < -0.3 is 13.4 Å². The summed E-state index contributed by atoms with van der Waals surface area (Å²) in [7, 11) is 0. The van der Waals surface area contributed by atoms with Crippen molar-refractivity contribution in [1.29, 1.82) is 0 Å². The number of furan rings is 1. The van der Waals surface area contributed by atoms with Crippen molar-refractivity contribution in [3.63, 3.8) is 0 Å². The van der Waals surface area contributed by atoms with Gasteiger partial charge in [-0.15, -0.1) is 20.4 Å². The molecule has 0 saturated heterocycles. The minimum atomic E-state index is 0.376. The summed E-state index contributed by atoms with van der Waals surface area (Å²) in [5.41, 5.74) is 2.30. The Labute approximate surface area is 181 Å². The van der Waals surface area contributed by atoms with Gasteiger partial charge >= 0.3 is 0 Å². The van der Waals surface area contributed by atoms with Gasteiger partial charge in [0.2, 0.25) is 5.89 Å². The summed E-state index contributed by atoms with van der Waals surface area (Å²) >= 11 is 1.47. The van der Waals surface area contributed by atoms with Crippen LogP contribution >= 0.6 is 11.8 Å². The Kier molecular flexibility index (Phi) is 5.13. The van der Waals surface area contributed by atoms with Crippen LogP contribution in [0.3, 0.4) is 0 Å². The number of hydrogen-bond acceptors (Lipinski definition) is 9. The molecule has 0 atom stereocenters. The van der Waals surface area contributed by atoms with Gasteiger partial charge in [-0.2, -0.15) is 0 Å². The van der Waals surface area contributed by atoms with Crippen LogP contribution in [0.5, 0.6) is 0 Å². The minimum absolute atomic E-state index is 0.376. The molecule has 0 amide bonds. The molecule has 0 N–H and O–H groups in total. The molecule has 31 heavy (non-hydrogen) atoms. The fourth-order valence-corrected chi connectivity index (χ4v) is 4.06. The van der Waals surface area contributed by atoms with Crippen LogP contribution < -0.4 is 0 Å². The summed E-state index contributed by atoms with van der Waals surface area (Å²) in [5.74, 6) is 3.29. The van der Waals surface area contributed by atoms with E-state index in [1.54, 1.807) is 6.26 Å². The second kappa shape index (κ2) is 8.23. The minimum Gasteiger partial charge on any atom is -0.461 e. The molecule has 4 aromatic heterocycles. The molecule has 10 heteroatoms. The van der Waals surface area contributed by atoms with Gasteiger partial charge in [0.15, 0.2) is 16.7 Å². The standard InChI is InChI=1S/C21H18N6O3S/c1-3-27-19(15-10-7-11-28-15)23-25-21(27)31-12-16-22-24-20(29-16)17-13(2)30-26-18(17)14-8-5-4-6-9-14/h4-11H,3,12H2,1-2H3. The molecule has 0 spiro atoms. The predicted molar refractivity (Wildman–Crippen MR) is 113 cm³/mol. The molecular weight excluding hydrogens is 416 g/mol. The van der Waals surface area contributed by atoms with E-state index < -0.39 is 0 Å². The van der Waals surface area contributed by atoms with E-state index in [1.807, 2.05) is 60.9 Å². The number of nitrogens with zero attached hydrogens (tertiary/aromatic N) is 6. The molecular formula is C21H18N6O3S. The van der Waals surface area contributed by atoms with E-state index in [2.05, 4.69) is 25.6 Å². The highest BCUT2D eigenvalue weighted by Gasteiger charge is 2.22. The molecule has 0 aliphatic carbocycles. The molecule has 0 bridgehead atoms. The maximum atomic E-state index is 5.93. The zero-order valence-corrected chi connectivity index (χ0v) is 17.7. The lowest BCUT2D eigenvalue weighted by atomic mass is 10.1. The van der Waals surface area contributed by atoms with E-state index in [9.17, 15) is 0 Å². The zero-order chi connectivity index (χ0) is 21.2. The fourth-order valence-electron chi connectivity index (χ4n) is 3.22. The van der Waals surface area contributed by atoms with Crippen molar-refractivity contribution in [2.24, 2.45) is 0 Å². The first-order valence-corrected chi connectivity index (χ1v) is 10.7. The van der Waals surface area contributed by atoms with Crippen molar-refractivity contribution in [1.82, 2.24) is 30.1 Å². The fraction of sp³-hybridized carbons (Fsp3) is 0.190. The highest BCUT2D eigenvalue weighted by atomic mass is 32.2. The van der Waals surface area contributed by atoms with E-state index in [4.69, 9.17) is 13.4 Å². The Morgan fingerprint density at radius 1 is 1.00 bits per heavy atom. The molecule has 0 aliphatic heterocycles. The topological polar surface area (TPSA) is 109 Å². The van der Waals surface area contributed by atoms with Crippen molar-refractivity contribution in [2.75, 3.05) is 0 Å². The third kappa shape index (κ3) is 3.66. The van der Waals surface area contributed by atoms with Crippen molar-refractivity contribution < 1.29 is 13.4 Å². The van der Waals surface area contributed by atoms with Crippen LogP contribution in [0.2, 0.25) is 0 Å². The third-order valence-corrected chi connectivity index (χ3v) is 5.64. The number of thioether (sulfide) groups is 1. The SMILES string of the molecule is CCn1c(SCc2nnc(-c3c(-c4ccccc4)noc3C)o2)nnc1-c1ccco1. The van der Waals surface area contributed by atoms with E-state index >= 15 is 0 Å². The molecule has 0 radical (unpaired) electrons. The normalized spacial score (nSPS) is 11.3. The van der Waals surface area contributed by atoms with Crippen LogP contribution in [-0.4, -0.2) is 30.1 Å². The first-order chi connectivity index (χ1) is 15.2. The molecule has 1 aromatic carbocycles. The summed E-state index contributed by atoms with van der Waals surface area (Å²) in [6.07, 6.45) is 1.62. The summed E-state index contributed by atoms with van der Waals surface area (Å²) in [6, 6.07) is 13.4.